The predicted molar refractivity (Wildman–Crippen MR) is 123 cm³/mol. The van der Waals surface area contributed by atoms with Crippen molar-refractivity contribution in [3.05, 3.63) is 69.8 Å². The van der Waals surface area contributed by atoms with E-state index in [1.165, 1.54) is 18.1 Å². The highest BCUT2D eigenvalue weighted by atomic mass is 16.5. The second-order valence-electron chi connectivity index (χ2n) is 8.36. The van der Waals surface area contributed by atoms with E-state index in [1.807, 2.05) is 32.8 Å². The van der Waals surface area contributed by atoms with E-state index in [4.69, 9.17) is 4.74 Å². The first-order valence-electron chi connectivity index (χ1n) is 10.5. The minimum atomic E-state index is -0.877. The van der Waals surface area contributed by atoms with E-state index in [0.717, 1.165) is 11.1 Å². The van der Waals surface area contributed by atoms with Crippen LogP contribution >= 0.6 is 0 Å². The average molecular weight is 453 g/mol. The standard InChI is InChI=1S/C25H28N2O6/c1-14-12-18(19(28)13-15(14)2)22(29)20-21(16-6-8-17(9-7-16)25(32)33-5)27(11-10-26(3)4)24(31)23(20)30/h6-9,12-13,21,28-29H,10-11H2,1-5H3/t21-/m1/s1. The number of amides is 1. The Kier molecular flexibility index (Phi) is 6.88. The maximum absolute atomic E-state index is 13.1. The molecule has 1 amide bonds. The van der Waals surface area contributed by atoms with E-state index >= 15 is 0 Å². The largest absolute Gasteiger partial charge is 0.507 e. The van der Waals surface area contributed by atoms with Crippen molar-refractivity contribution in [1.29, 1.82) is 0 Å². The molecule has 0 aromatic heterocycles. The highest BCUT2D eigenvalue weighted by Gasteiger charge is 2.46. The number of phenolic OH excluding ortho intramolecular Hbond substituents is 1. The lowest BCUT2D eigenvalue weighted by Crippen LogP contribution is -2.35. The van der Waals surface area contributed by atoms with Crippen LogP contribution in [0, 0.1) is 13.8 Å². The number of hydrogen-bond acceptors (Lipinski definition) is 7. The molecule has 0 radical (unpaired) electrons. The van der Waals surface area contributed by atoms with Gasteiger partial charge in [0.2, 0.25) is 0 Å². The summed E-state index contributed by atoms with van der Waals surface area (Å²) in [4.78, 5) is 41.1. The van der Waals surface area contributed by atoms with Gasteiger partial charge in [0.25, 0.3) is 11.7 Å². The number of benzene rings is 2. The summed E-state index contributed by atoms with van der Waals surface area (Å²) in [6.07, 6.45) is 0. The molecule has 174 valence electrons. The zero-order valence-electron chi connectivity index (χ0n) is 19.4. The maximum Gasteiger partial charge on any atom is 0.337 e. The molecule has 0 aliphatic carbocycles. The van der Waals surface area contributed by atoms with Crippen molar-refractivity contribution in [2.75, 3.05) is 34.3 Å². The van der Waals surface area contributed by atoms with Crippen LogP contribution in [0.25, 0.3) is 5.76 Å². The molecule has 0 bridgehead atoms. The van der Waals surface area contributed by atoms with Crippen LogP contribution in [0.3, 0.4) is 0 Å². The summed E-state index contributed by atoms with van der Waals surface area (Å²) in [5.41, 5.74) is 2.48. The Hall–Kier alpha value is -3.65. The molecule has 1 heterocycles. The number of likely N-dealkylation sites (N-methyl/N-ethyl adjacent to an activating group) is 1. The molecule has 1 aliphatic rings. The molecule has 1 atom stereocenters. The second-order valence-corrected chi connectivity index (χ2v) is 8.36. The molecule has 2 aromatic rings. The number of rotatable bonds is 6. The molecular weight excluding hydrogens is 424 g/mol. The molecule has 8 nitrogen and oxygen atoms in total. The van der Waals surface area contributed by atoms with Gasteiger partial charge in [-0.2, -0.15) is 0 Å². The van der Waals surface area contributed by atoms with E-state index in [9.17, 15) is 24.6 Å². The second kappa shape index (κ2) is 9.46. The summed E-state index contributed by atoms with van der Waals surface area (Å²) in [7, 11) is 4.98. The Bertz CT molecular complexity index is 1130. The highest BCUT2D eigenvalue weighted by Crippen LogP contribution is 2.41. The number of methoxy groups -OCH3 is 1. The lowest BCUT2D eigenvalue weighted by Gasteiger charge is -2.26. The van der Waals surface area contributed by atoms with Crippen LogP contribution < -0.4 is 0 Å². The molecule has 1 saturated heterocycles. The molecule has 1 aliphatic heterocycles. The van der Waals surface area contributed by atoms with Crippen molar-refractivity contribution in [1.82, 2.24) is 9.80 Å². The van der Waals surface area contributed by atoms with Crippen LogP contribution in [-0.2, 0) is 14.3 Å². The van der Waals surface area contributed by atoms with Crippen molar-refractivity contribution in [3.63, 3.8) is 0 Å². The number of nitrogens with zero attached hydrogens (tertiary/aromatic N) is 2. The van der Waals surface area contributed by atoms with Crippen LogP contribution in [0.4, 0.5) is 0 Å². The van der Waals surface area contributed by atoms with Gasteiger partial charge in [-0.05, 0) is 68.9 Å². The summed E-state index contributed by atoms with van der Waals surface area (Å²) in [5.74, 6) is -2.70. The summed E-state index contributed by atoms with van der Waals surface area (Å²) < 4.78 is 4.73. The third-order valence-electron chi connectivity index (χ3n) is 5.84. The van der Waals surface area contributed by atoms with Crippen molar-refractivity contribution < 1.29 is 29.3 Å². The van der Waals surface area contributed by atoms with E-state index < -0.39 is 29.5 Å². The topological polar surface area (TPSA) is 107 Å². The highest BCUT2D eigenvalue weighted by molar-refractivity contribution is 6.46. The quantitative estimate of drug-likeness (QED) is 0.300. The minimum Gasteiger partial charge on any atom is -0.507 e. The first-order chi connectivity index (χ1) is 15.6. The molecule has 33 heavy (non-hydrogen) atoms. The van der Waals surface area contributed by atoms with Crippen LogP contribution in [-0.4, -0.2) is 72.0 Å². The Labute approximate surface area is 192 Å². The van der Waals surface area contributed by atoms with Gasteiger partial charge in [0.05, 0.1) is 29.9 Å². The Morgan fingerprint density at radius 2 is 1.70 bits per heavy atom. The number of carbonyl (C=O) groups is 3. The van der Waals surface area contributed by atoms with Gasteiger partial charge in [0.1, 0.15) is 11.5 Å². The molecule has 2 aromatic carbocycles. The number of likely N-dealkylation sites (tertiary alicyclic amines) is 1. The van der Waals surface area contributed by atoms with Crippen molar-refractivity contribution in [2.45, 2.75) is 19.9 Å². The lowest BCUT2D eigenvalue weighted by atomic mass is 9.93. The van der Waals surface area contributed by atoms with Gasteiger partial charge >= 0.3 is 5.97 Å². The summed E-state index contributed by atoms with van der Waals surface area (Å²) in [6.45, 7) is 4.39. The Balaban J connectivity index is 2.18. The number of aryl methyl sites for hydroxylation is 2. The fraction of sp³-hybridized carbons (Fsp3) is 0.320. The maximum atomic E-state index is 13.1. The van der Waals surface area contributed by atoms with Gasteiger partial charge in [-0.15, -0.1) is 0 Å². The van der Waals surface area contributed by atoms with E-state index in [0.29, 0.717) is 17.7 Å². The SMILES string of the molecule is COC(=O)c1ccc([C@@H]2C(=C(O)c3cc(C)c(C)cc3O)C(=O)C(=O)N2CCN(C)C)cc1. The Morgan fingerprint density at radius 1 is 1.09 bits per heavy atom. The van der Waals surface area contributed by atoms with Gasteiger partial charge < -0.3 is 24.7 Å². The van der Waals surface area contributed by atoms with Crippen molar-refractivity contribution >= 4 is 23.4 Å². The normalized spacial score (nSPS) is 17.6. The fourth-order valence-electron chi connectivity index (χ4n) is 3.82. The smallest absolute Gasteiger partial charge is 0.337 e. The molecule has 1 fully saturated rings. The minimum absolute atomic E-state index is 0.0832. The third-order valence-corrected chi connectivity index (χ3v) is 5.84. The van der Waals surface area contributed by atoms with Crippen molar-refractivity contribution in [3.8, 4) is 5.75 Å². The van der Waals surface area contributed by atoms with Gasteiger partial charge in [0.15, 0.2) is 0 Å². The monoisotopic (exact) mass is 452 g/mol. The van der Waals surface area contributed by atoms with Gasteiger partial charge in [0, 0.05) is 13.1 Å². The number of aliphatic hydroxyl groups is 1. The molecule has 0 spiro atoms. The number of hydrogen-bond donors (Lipinski definition) is 2. The van der Waals surface area contributed by atoms with Gasteiger partial charge in [-0.1, -0.05) is 12.1 Å². The first kappa shape index (κ1) is 24.0. The van der Waals surface area contributed by atoms with E-state index in [2.05, 4.69) is 0 Å². The average Bonchev–Trinajstić information content (AvgIpc) is 3.03. The van der Waals surface area contributed by atoms with Crippen LogP contribution in [0.5, 0.6) is 5.75 Å². The summed E-state index contributed by atoms with van der Waals surface area (Å²) in [6, 6.07) is 8.55. The molecule has 0 saturated carbocycles. The number of esters is 1. The molecular formula is C25H28N2O6. The molecule has 0 unspecified atom stereocenters. The lowest BCUT2D eigenvalue weighted by molar-refractivity contribution is -0.140. The first-order valence-corrected chi connectivity index (χ1v) is 10.5. The zero-order valence-corrected chi connectivity index (χ0v) is 19.4. The van der Waals surface area contributed by atoms with E-state index in [1.54, 1.807) is 30.3 Å². The molecule has 8 heteroatoms. The van der Waals surface area contributed by atoms with Crippen LogP contribution in [0.1, 0.15) is 38.7 Å². The number of ketones is 1. The number of aliphatic hydroxyl groups excluding tert-OH is 1. The summed E-state index contributed by atoms with van der Waals surface area (Å²) >= 11 is 0. The number of carbonyl (C=O) groups excluding carboxylic acids is 3. The van der Waals surface area contributed by atoms with Gasteiger partial charge in [-0.3, -0.25) is 9.59 Å². The van der Waals surface area contributed by atoms with Gasteiger partial charge in [-0.25, -0.2) is 4.79 Å². The van der Waals surface area contributed by atoms with Crippen LogP contribution in [0.2, 0.25) is 0 Å². The number of phenols is 1. The number of aromatic hydroxyl groups is 1. The fourth-order valence-corrected chi connectivity index (χ4v) is 3.82. The zero-order chi connectivity index (χ0) is 24.4. The summed E-state index contributed by atoms with van der Waals surface area (Å²) in [5, 5.41) is 21.6. The van der Waals surface area contributed by atoms with Crippen LogP contribution in [0.15, 0.2) is 42.0 Å². The number of Topliss-reactive ketones (excluding diaryl/α,β-unsaturated/α-hetero) is 1. The molecule has 2 N–H and O–H groups in total. The predicted octanol–water partition coefficient (Wildman–Crippen LogP) is 2.78. The number of ether oxygens (including phenoxy) is 1. The van der Waals surface area contributed by atoms with Crippen molar-refractivity contribution in [2.24, 2.45) is 0 Å². The molecule has 3 rings (SSSR count). The third kappa shape index (κ3) is 4.61. The Morgan fingerprint density at radius 3 is 2.27 bits per heavy atom. The van der Waals surface area contributed by atoms with E-state index in [-0.39, 0.29) is 23.4 Å².